The number of phenols is 1. The average Bonchev–Trinajstić information content (AvgIpc) is 2.29. The van der Waals surface area contributed by atoms with Gasteiger partial charge in [0.2, 0.25) is 0 Å². The number of hydrogen-bond donors (Lipinski definition) is 2. The van der Waals surface area contributed by atoms with Crippen LogP contribution in [0.5, 0.6) is 5.75 Å². The van der Waals surface area contributed by atoms with Crippen molar-refractivity contribution in [3.05, 3.63) is 29.8 Å². The highest BCUT2D eigenvalue weighted by Gasteiger charge is 2.06. The first-order valence-electron chi connectivity index (χ1n) is 5.32. The molecule has 0 spiro atoms. The lowest BCUT2D eigenvalue weighted by atomic mass is 10.2. The van der Waals surface area contributed by atoms with Crippen LogP contribution in [0.3, 0.4) is 0 Å². The van der Waals surface area contributed by atoms with Crippen LogP contribution >= 0.6 is 11.6 Å². The number of benzene rings is 1. The van der Waals surface area contributed by atoms with Gasteiger partial charge >= 0.3 is 0 Å². The summed E-state index contributed by atoms with van der Waals surface area (Å²) in [6, 6.07) is 7.43. The lowest BCUT2D eigenvalue weighted by Gasteiger charge is -2.16. The molecule has 2 N–H and O–H groups in total. The first-order chi connectivity index (χ1) is 7.76. The third-order valence-corrected chi connectivity index (χ3v) is 2.57. The highest BCUT2D eigenvalue weighted by atomic mass is 35.5. The topological polar surface area (TPSA) is 41.5 Å². The van der Waals surface area contributed by atoms with E-state index in [4.69, 9.17) is 21.4 Å². The Bertz CT molecular complexity index is 284. The third kappa shape index (κ3) is 4.84. The molecule has 16 heavy (non-hydrogen) atoms. The lowest BCUT2D eigenvalue weighted by molar-refractivity contribution is 0.164. The number of methoxy groups -OCH3 is 1. The van der Waals surface area contributed by atoms with Gasteiger partial charge in [0.1, 0.15) is 5.75 Å². The van der Waals surface area contributed by atoms with Crippen LogP contribution in [0, 0.1) is 0 Å². The Hall–Kier alpha value is -0.770. The van der Waals surface area contributed by atoms with Gasteiger partial charge in [-0.3, -0.25) is 0 Å². The molecule has 0 fully saturated rings. The molecular weight excluding hydrogens is 226 g/mol. The Morgan fingerprint density at radius 2 is 2.06 bits per heavy atom. The molecule has 1 unspecified atom stereocenters. The Morgan fingerprint density at radius 1 is 1.38 bits per heavy atom. The monoisotopic (exact) mass is 243 g/mol. The molecule has 0 amide bonds. The summed E-state index contributed by atoms with van der Waals surface area (Å²) in [6.45, 7) is 1.41. The Balaban J connectivity index is 2.38. The van der Waals surface area contributed by atoms with Crippen LogP contribution in [-0.2, 0) is 11.3 Å². The highest BCUT2D eigenvalue weighted by molar-refractivity contribution is 6.17. The van der Waals surface area contributed by atoms with Gasteiger partial charge in [0.15, 0.2) is 0 Å². The zero-order valence-electron chi connectivity index (χ0n) is 9.45. The maximum Gasteiger partial charge on any atom is 0.115 e. The minimum atomic E-state index is 0.274. The molecule has 0 bridgehead atoms. The van der Waals surface area contributed by atoms with Crippen molar-refractivity contribution in [2.75, 3.05) is 19.6 Å². The molecule has 1 aromatic carbocycles. The van der Waals surface area contributed by atoms with Crippen LogP contribution in [0.2, 0.25) is 0 Å². The summed E-state index contributed by atoms with van der Waals surface area (Å²) in [6.07, 6.45) is 0.882. The summed E-state index contributed by atoms with van der Waals surface area (Å²) in [7, 11) is 1.68. The molecule has 1 atom stereocenters. The zero-order chi connectivity index (χ0) is 11.8. The molecule has 90 valence electrons. The van der Waals surface area contributed by atoms with Crippen molar-refractivity contribution in [2.24, 2.45) is 0 Å². The highest BCUT2D eigenvalue weighted by Crippen LogP contribution is 2.09. The maximum atomic E-state index is 9.14. The number of alkyl halides is 1. The molecular formula is C12H18ClNO2. The molecule has 0 aliphatic heterocycles. The van der Waals surface area contributed by atoms with Gasteiger partial charge in [-0.05, 0) is 24.1 Å². The number of rotatable bonds is 7. The number of halogens is 1. The Labute approximate surface area is 101 Å². The van der Waals surface area contributed by atoms with E-state index in [1.54, 1.807) is 19.2 Å². The summed E-state index contributed by atoms with van der Waals surface area (Å²) in [5, 5.41) is 12.5. The third-order valence-electron chi connectivity index (χ3n) is 2.36. The molecule has 0 heterocycles. The minimum Gasteiger partial charge on any atom is -0.508 e. The second-order valence-corrected chi connectivity index (χ2v) is 4.06. The summed E-state index contributed by atoms with van der Waals surface area (Å²) < 4.78 is 5.10. The van der Waals surface area contributed by atoms with Crippen molar-refractivity contribution in [3.8, 4) is 5.75 Å². The molecule has 4 heteroatoms. The number of phenolic OH excluding ortho intramolecular Hbond substituents is 1. The van der Waals surface area contributed by atoms with Crippen molar-refractivity contribution in [1.29, 1.82) is 0 Å². The fourth-order valence-electron chi connectivity index (χ4n) is 1.45. The van der Waals surface area contributed by atoms with Crippen molar-refractivity contribution in [1.82, 2.24) is 5.32 Å². The second-order valence-electron chi connectivity index (χ2n) is 3.68. The van der Waals surface area contributed by atoms with Gasteiger partial charge in [0.25, 0.3) is 0 Å². The summed E-state index contributed by atoms with van der Waals surface area (Å²) >= 11 is 5.71. The van der Waals surface area contributed by atoms with Crippen LogP contribution < -0.4 is 5.32 Å². The molecule has 0 saturated heterocycles. The van der Waals surface area contributed by atoms with Gasteiger partial charge < -0.3 is 15.2 Å². The second kappa shape index (κ2) is 7.49. The van der Waals surface area contributed by atoms with Crippen molar-refractivity contribution >= 4 is 11.6 Å². The van der Waals surface area contributed by atoms with Gasteiger partial charge in [0, 0.05) is 25.6 Å². The van der Waals surface area contributed by atoms with Crippen LogP contribution in [0.25, 0.3) is 0 Å². The van der Waals surface area contributed by atoms with Crippen LogP contribution in [0.15, 0.2) is 24.3 Å². The van der Waals surface area contributed by atoms with Crippen LogP contribution in [0.1, 0.15) is 12.0 Å². The summed E-state index contributed by atoms with van der Waals surface area (Å²) in [5.41, 5.74) is 1.13. The number of hydrogen-bond acceptors (Lipinski definition) is 3. The SMILES string of the molecule is COCC(CCCl)NCc1ccc(O)cc1. The molecule has 0 radical (unpaired) electrons. The van der Waals surface area contributed by atoms with Gasteiger partial charge in [-0.2, -0.15) is 0 Å². The molecule has 1 rings (SSSR count). The van der Waals surface area contributed by atoms with Crippen LogP contribution in [-0.4, -0.2) is 30.7 Å². The molecule has 0 aromatic heterocycles. The van der Waals surface area contributed by atoms with E-state index in [0.717, 1.165) is 18.5 Å². The largest absolute Gasteiger partial charge is 0.508 e. The quantitative estimate of drug-likeness (QED) is 0.721. The number of aromatic hydroxyl groups is 1. The fourth-order valence-corrected chi connectivity index (χ4v) is 1.72. The lowest BCUT2D eigenvalue weighted by Crippen LogP contribution is -2.33. The predicted octanol–water partition coefficient (Wildman–Crippen LogP) is 2.13. The normalized spacial score (nSPS) is 12.6. The Morgan fingerprint density at radius 3 is 2.62 bits per heavy atom. The van der Waals surface area contributed by atoms with E-state index in [1.807, 2.05) is 12.1 Å². The first-order valence-corrected chi connectivity index (χ1v) is 5.86. The smallest absolute Gasteiger partial charge is 0.115 e. The van der Waals surface area contributed by atoms with Crippen LogP contribution in [0.4, 0.5) is 0 Å². The molecule has 0 saturated carbocycles. The van der Waals surface area contributed by atoms with Crippen molar-refractivity contribution in [3.63, 3.8) is 0 Å². The van der Waals surface area contributed by atoms with Gasteiger partial charge in [0.05, 0.1) is 6.61 Å². The first kappa shape index (κ1) is 13.3. The number of nitrogens with one attached hydrogen (secondary N) is 1. The van der Waals surface area contributed by atoms with E-state index in [1.165, 1.54) is 0 Å². The molecule has 3 nitrogen and oxygen atoms in total. The van der Waals surface area contributed by atoms with E-state index in [2.05, 4.69) is 5.32 Å². The summed E-state index contributed by atoms with van der Waals surface area (Å²) in [4.78, 5) is 0. The maximum absolute atomic E-state index is 9.14. The van der Waals surface area contributed by atoms with E-state index in [-0.39, 0.29) is 11.8 Å². The summed E-state index contributed by atoms with van der Waals surface area (Å²) in [5.74, 6) is 0.911. The molecule has 0 aliphatic carbocycles. The van der Waals surface area contributed by atoms with Gasteiger partial charge in [-0.25, -0.2) is 0 Å². The predicted molar refractivity (Wildman–Crippen MR) is 65.9 cm³/mol. The average molecular weight is 244 g/mol. The van der Waals surface area contributed by atoms with Crippen molar-refractivity contribution in [2.45, 2.75) is 19.0 Å². The van der Waals surface area contributed by atoms with E-state index < -0.39 is 0 Å². The van der Waals surface area contributed by atoms with E-state index in [9.17, 15) is 0 Å². The standard InChI is InChI=1S/C12H18ClNO2/c1-16-9-11(6-7-13)14-8-10-2-4-12(15)5-3-10/h2-5,11,14-15H,6-9H2,1H3. The minimum absolute atomic E-state index is 0.274. The van der Waals surface area contributed by atoms with E-state index in [0.29, 0.717) is 12.5 Å². The fraction of sp³-hybridized carbons (Fsp3) is 0.500. The number of ether oxygens (including phenoxy) is 1. The van der Waals surface area contributed by atoms with Gasteiger partial charge in [-0.1, -0.05) is 12.1 Å². The van der Waals surface area contributed by atoms with Crippen molar-refractivity contribution < 1.29 is 9.84 Å². The zero-order valence-corrected chi connectivity index (χ0v) is 10.2. The molecule has 0 aliphatic rings. The Kier molecular flexibility index (Phi) is 6.23. The van der Waals surface area contributed by atoms with E-state index >= 15 is 0 Å². The van der Waals surface area contributed by atoms with Gasteiger partial charge in [-0.15, -0.1) is 11.6 Å². The molecule has 1 aromatic rings.